The molecule has 0 unspecified atom stereocenters. The first-order valence-electron chi connectivity index (χ1n) is 18.9. The highest BCUT2D eigenvalue weighted by atomic mass is 32.1. The minimum atomic E-state index is 0.557. The van der Waals surface area contributed by atoms with Gasteiger partial charge in [0.1, 0.15) is 22.3 Å². The van der Waals surface area contributed by atoms with Gasteiger partial charge in [0.2, 0.25) is 0 Å². The van der Waals surface area contributed by atoms with E-state index in [-0.39, 0.29) is 0 Å². The van der Waals surface area contributed by atoms with Crippen molar-refractivity contribution in [1.29, 1.82) is 0 Å². The van der Waals surface area contributed by atoms with Crippen LogP contribution in [0.15, 0.2) is 185 Å². The Bertz CT molecular complexity index is 3540. The molecule has 0 aliphatic carbocycles. The van der Waals surface area contributed by atoms with Crippen molar-refractivity contribution in [1.82, 2.24) is 15.0 Å². The van der Waals surface area contributed by atoms with Crippen molar-refractivity contribution in [3.05, 3.63) is 176 Å². The third-order valence-corrected chi connectivity index (χ3v) is 12.1. The van der Waals surface area contributed by atoms with E-state index in [2.05, 4.69) is 133 Å². The van der Waals surface area contributed by atoms with Crippen molar-refractivity contribution in [2.24, 2.45) is 0 Å². The lowest BCUT2D eigenvalue weighted by molar-refractivity contribution is 0.669. The molecule has 6 heteroatoms. The average molecular weight is 748 g/mol. The van der Waals surface area contributed by atoms with E-state index >= 15 is 0 Å². The molecule has 0 spiro atoms. The SMILES string of the molecule is c1ccc(-c2cccc(-c3nc(-c4ccc5c(c4)oc4ccccc45)nc(-c4ccc(-c5cccc6sc7ccccc7c56)c5oc6ccccc6c45)n3)c2)cc1. The molecule has 0 fully saturated rings. The molecule has 12 rings (SSSR count). The zero-order valence-electron chi connectivity index (χ0n) is 30.3. The van der Waals surface area contributed by atoms with Crippen LogP contribution in [0.3, 0.4) is 0 Å². The molecule has 0 bridgehead atoms. The number of thiophene rings is 1. The van der Waals surface area contributed by atoms with Gasteiger partial charge in [-0.3, -0.25) is 0 Å². The Hall–Kier alpha value is -7.41. The molecule has 8 aromatic carbocycles. The summed E-state index contributed by atoms with van der Waals surface area (Å²) < 4.78 is 15.7. The highest BCUT2D eigenvalue weighted by molar-refractivity contribution is 7.25. The molecular weight excluding hydrogens is 719 g/mol. The van der Waals surface area contributed by atoms with Gasteiger partial charge in [-0.05, 0) is 71.3 Å². The topological polar surface area (TPSA) is 65.0 Å². The number of fused-ring (bicyclic) bond motifs is 9. The Kier molecular flexibility index (Phi) is 7.03. The Morgan fingerprint density at radius 3 is 1.81 bits per heavy atom. The Balaban J connectivity index is 1.11. The standard InChI is InChI=1S/C51H29N3O2S/c1-2-12-30(13-3-1)31-14-10-15-32(28-31)49-52-50(33-24-25-35-34-16-4-7-20-41(34)55-43(35)29-33)54-51(53-49)40-27-26-37(48-47(40)38-17-5-8-21-42(38)56-48)36-19-11-23-45-46(36)39-18-6-9-22-44(39)57-45/h1-29H. The molecule has 0 saturated carbocycles. The van der Waals surface area contributed by atoms with Crippen LogP contribution in [0.25, 0.3) is 120 Å². The maximum absolute atomic E-state index is 6.83. The fourth-order valence-electron chi connectivity index (χ4n) is 8.31. The summed E-state index contributed by atoms with van der Waals surface area (Å²) in [4.78, 5) is 15.7. The fourth-order valence-corrected chi connectivity index (χ4v) is 9.45. The minimum absolute atomic E-state index is 0.557. The Morgan fingerprint density at radius 1 is 0.333 bits per heavy atom. The fraction of sp³-hybridized carbons (Fsp3) is 0. The van der Waals surface area contributed by atoms with E-state index in [1.54, 1.807) is 0 Å². The zero-order valence-corrected chi connectivity index (χ0v) is 31.1. The van der Waals surface area contributed by atoms with Gasteiger partial charge >= 0.3 is 0 Å². The van der Waals surface area contributed by atoms with Crippen molar-refractivity contribution in [2.75, 3.05) is 0 Å². The van der Waals surface area contributed by atoms with Crippen LogP contribution in [0.1, 0.15) is 0 Å². The number of benzene rings is 8. The molecule has 0 amide bonds. The van der Waals surface area contributed by atoms with Crippen molar-refractivity contribution >= 4 is 75.4 Å². The van der Waals surface area contributed by atoms with E-state index in [0.717, 1.165) is 82.8 Å². The van der Waals surface area contributed by atoms with Crippen molar-refractivity contribution in [2.45, 2.75) is 0 Å². The third-order valence-electron chi connectivity index (χ3n) is 11.0. The number of furan rings is 2. The number of nitrogens with zero attached hydrogens (tertiary/aromatic N) is 3. The molecule has 0 saturated heterocycles. The molecule has 0 N–H and O–H groups in total. The summed E-state index contributed by atoms with van der Waals surface area (Å²) in [5, 5.41) is 6.58. The lowest BCUT2D eigenvalue weighted by Gasteiger charge is -2.12. The summed E-state index contributed by atoms with van der Waals surface area (Å²) in [5.74, 6) is 1.70. The summed E-state index contributed by atoms with van der Waals surface area (Å²) in [6.07, 6.45) is 0. The highest BCUT2D eigenvalue weighted by Gasteiger charge is 2.23. The second kappa shape index (κ2) is 12.6. The van der Waals surface area contributed by atoms with E-state index in [9.17, 15) is 0 Å². The van der Waals surface area contributed by atoms with Crippen LogP contribution in [0, 0.1) is 0 Å². The van der Waals surface area contributed by atoms with E-state index in [1.807, 2.05) is 53.8 Å². The molecule has 0 aliphatic heterocycles. The van der Waals surface area contributed by atoms with Gasteiger partial charge in [-0.15, -0.1) is 11.3 Å². The molecule has 4 aromatic heterocycles. The van der Waals surface area contributed by atoms with E-state index < -0.39 is 0 Å². The molecule has 5 nitrogen and oxygen atoms in total. The molecule has 12 aromatic rings. The predicted octanol–water partition coefficient (Wildman–Crippen LogP) is 14.4. The van der Waals surface area contributed by atoms with E-state index in [0.29, 0.717) is 17.5 Å². The summed E-state index contributed by atoms with van der Waals surface area (Å²) >= 11 is 1.82. The Morgan fingerprint density at radius 2 is 0.947 bits per heavy atom. The monoisotopic (exact) mass is 747 g/mol. The highest BCUT2D eigenvalue weighted by Crippen LogP contribution is 2.46. The van der Waals surface area contributed by atoms with Gasteiger partial charge in [-0.25, -0.2) is 15.0 Å². The summed E-state index contributed by atoms with van der Waals surface area (Å²) in [7, 11) is 0. The molecule has 0 atom stereocenters. The summed E-state index contributed by atoms with van der Waals surface area (Å²) in [5.41, 5.74) is 10.2. The van der Waals surface area contributed by atoms with E-state index in [1.165, 1.54) is 20.2 Å². The molecule has 266 valence electrons. The van der Waals surface area contributed by atoms with E-state index in [4.69, 9.17) is 23.8 Å². The first-order chi connectivity index (χ1) is 28.2. The van der Waals surface area contributed by atoms with Crippen LogP contribution in [0.2, 0.25) is 0 Å². The van der Waals surface area contributed by atoms with Gasteiger partial charge in [-0.2, -0.15) is 0 Å². The van der Waals surface area contributed by atoms with Crippen LogP contribution in [0.4, 0.5) is 0 Å². The number of aromatic nitrogens is 3. The van der Waals surface area contributed by atoms with Gasteiger partial charge in [0.05, 0.1) is 0 Å². The van der Waals surface area contributed by atoms with Crippen molar-refractivity contribution in [3.8, 4) is 56.4 Å². The van der Waals surface area contributed by atoms with Crippen LogP contribution >= 0.6 is 11.3 Å². The number of hydrogen-bond acceptors (Lipinski definition) is 6. The first kappa shape index (κ1) is 31.9. The van der Waals surface area contributed by atoms with Crippen LogP contribution in [0.5, 0.6) is 0 Å². The largest absolute Gasteiger partial charge is 0.456 e. The summed E-state index contributed by atoms with van der Waals surface area (Å²) in [6, 6.07) is 60.8. The Labute approximate surface area is 330 Å². The molecular formula is C51H29N3O2S. The molecule has 0 aliphatic rings. The molecule has 0 radical (unpaired) electrons. The lowest BCUT2D eigenvalue weighted by Crippen LogP contribution is -2.01. The smallest absolute Gasteiger partial charge is 0.164 e. The minimum Gasteiger partial charge on any atom is -0.456 e. The van der Waals surface area contributed by atoms with Gasteiger partial charge in [-0.1, -0.05) is 121 Å². The van der Waals surface area contributed by atoms with Gasteiger partial charge in [0.15, 0.2) is 17.5 Å². The number of para-hydroxylation sites is 2. The predicted molar refractivity (Wildman–Crippen MR) is 234 cm³/mol. The van der Waals surface area contributed by atoms with Crippen LogP contribution in [-0.2, 0) is 0 Å². The van der Waals surface area contributed by atoms with Crippen LogP contribution in [-0.4, -0.2) is 15.0 Å². The zero-order chi connectivity index (χ0) is 37.5. The average Bonchev–Trinajstić information content (AvgIpc) is 3.98. The number of rotatable bonds is 5. The maximum atomic E-state index is 6.83. The maximum Gasteiger partial charge on any atom is 0.164 e. The van der Waals surface area contributed by atoms with Gasteiger partial charge < -0.3 is 8.83 Å². The van der Waals surface area contributed by atoms with Crippen molar-refractivity contribution < 1.29 is 8.83 Å². The normalized spacial score (nSPS) is 11.9. The number of hydrogen-bond donors (Lipinski definition) is 0. The summed E-state index contributed by atoms with van der Waals surface area (Å²) in [6.45, 7) is 0. The quantitative estimate of drug-likeness (QED) is 0.175. The van der Waals surface area contributed by atoms with Gasteiger partial charge in [0, 0.05) is 64.0 Å². The van der Waals surface area contributed by atoms with Crippen LogP contribution < -0.4 is 0 Å². The molecule has 57 heavy (non-hydrogen) atoms. The second-order valence-electron chi connectivity index (χ2n) is 14.3. The van der Waals surface area contributed by atoms with Gasteiger partial charge in [0.25, 0.3) is 0 Å². The van der Waals surface area contributed by atoms with Crippen molar-refractivity contribution in [3.63, 3.8) is 0 Å². The third kappa shape index (κ3) is 5.12. The lowest BCUT2D eigenvalue weighted by atomic mass is 9.95. The second-order valence-corrected chi connectivity index (χ2v) is 15.4. The first-order valence-corrected chi connectivity index (χ1v) is 19.7. The molecule has 4 heterocycles.